The highest BCUT2D eigenvalue weighted by molar-refractivity contribution is 6.74. The lowest BCUT2D eigenvalue weighted by Gasteiger charge is -2.42. The predicted molar refractivity (Wildman–Crippen MR) is 118 cm³/mol. The van der Waals surface area contributed by atoms with Gasteiger partial charge in [0.15, 0.2) is 16.6 Å². The summed E-state index contributed by atoms with van der Waals surface area (Å²) in [6, 6.07) is -1.06. The monoisotopic (exact) mass is 447 g/mol. The molecule has 0 aromatic carbocycles. The Morgan fingerprint density at radius 3 is 2.00 bits per heavy atom. The van der Waals surface area contributed by atoms with Gasteiger partial charge in [-0.3, -0.25) is 4.90 Å². The van der Waals surface area contributed by atoms with Crippen LogP contribution in [0.4, 0.5) is 4.79 Å². The smallest absolute Gasteiger partial charge is 0.411 e. The summed E-state index contributed by atoms with van der Waals surface area (Å²) in [5, 5.41) is 20.8. The van der Waals surface area contributed by atoms with Gasteiger partial charge in [-0.1, -0.05) is 41.5 Å². The number of aliphatic hydroxyl groups is 2. The number of rotatable bonds is 6. The normalized spacial score (nSPS) is 31.2. The molecule has 1 amide bonds. The molecule has 0 saturated carbocycles. The summed E-state index contributed by atoms with van der Waals surface area (Å²) in [5.74, 6) is 0. The van der Waals surface area contributed by atoms with Gasteiger partial charge in [0, 0.05) is 0 Å². The third-order valence-corrected chi connectivity index (χ3v) is 16.4. The van der Waals surface area contributed by atoms with Gasteiger partial charge in [-0.25, -0.2) is 4.79 Å². The Labute approximate surface area is 178 Å². The van der Waals surface area contributed by atoms with E-state index in [4.69, 9.17) is 13.6 Å². The first-order chi connectivity index (χ1) is 12.9. The molecule has 0 bridgehead atoms. The second-order valence-electron chi connectivity index (χ2n) is 11.5. The van der Waals surface area contributed by atoms with Crippen LogP contribution in [-0.2, 0) is 13.6 Å². The molecule has 2 aliphatic rings. The number of hydrogen-bond acceptors (Lipinski definition) is 6. The minimum absolute atomic E-state index is 0.0263. The zero-order chi connectivity index (χ0) is 22.6. The van der Waals surface area contributed by atoms with Gasteiger partial charge in [0.25, 0.3) is 0 Å². The molecule has 0 unspecified atom stereocenters. The molecule has 2 rings (SSSR count). The van der Waals surface area contributed by atoms with Crippen molar-refractivity contribution in [3.8, 4) is 0 Å². The predicted octanol–water partition coefficient (Wildman–Crippen LogP) is 3.32. The SMILES string of the molecule is CC(C)(C)[Si](C)(C)OC[C@@H]1[C@@H](O[Si](C)(C)C(C)(C)C)[C@H](O)[C@H]2[C@@H](CO)OC(=O)N21. The van der Waals surface area contributed by atoms with Crippen LogP contribution in [0.15, 0.2) is 0 Å². The van der Waals surface area contributed by atoms with E-state index < -0.39 is 53.1 Å². The molecule has 0 spiro atoms. The van der Waals surface area contributed by atoms with Crippen molar-refractivity contribution < 1.29 is 28.6 Å². The lowest BCUT2D eigenvalue weighted by atomic mass is 10.0. The first kappa shape index (κ1) is 24.8. The van der Waals surface area contributed by atoms with Gasteiger partial charge in [-0.15, -0.1) is 0 Å². The third kappa shape index (κ3) is 4.59. The van der Waals surface area contributed by atoms with E-state index in [1.54, 1.807) is 4.90 Å². The number of nitrogens with zero attached hydrogens (tertiary/aromatic N) is 1. The molecule has 29 heavy (non-hydrogen) atoms. The summed E-state index contributed by atoms with van der Waals surface area (Å²) in [4.78, 5) is 14.2. The van der Waals surface area contributed by atoms with Crippen molar-refractivity contribution in [2.45, 2.75) is 108 Å². The molecule has 2 fully saturated rings. The van der Waals surface area contributed by atoms with E-state index in [9.17, 15) is 15.0 Å². The van der Waals surface area contributed by atoms with Crippen LogP contribution in [0.25, 0.3) is 0 Å². The van der Waals surface area contributed by atoms with Crippen molar-refractivity contribution in [3.05, 3.63) is 0 Å². The summed E-state index contributed by atoms with van der Waals surface area (Å²) < 4.78 is 18.4. The molecular formula is C20H41NO6Si2. The van der Waals surface area contributed by atoms with E-state index in [1.165, 1.54) is 0 Å². The van der Waals surface area contributed by atoms with Crippen molar-refractivity contribution in [2.75, 3.05) is 13.2 Å². The van der Waals surface area contributed by atoms with Crippen molar-refractivity contribution in [2.24, 2.45) is 0 Å². The fourth-order valence-corrected chi connectivity index (χ4v) is 5.73. The minimum atomic E-state index is -2.21. The van der Waals surface area contributed by atoms with Crippen LogP contribution in [0.5, 0.6) is 0 Å². The maximum Gasteiger partial charge on any atom is 0.411 e. The Morgan fingerprint density at radius 2 is 1.55 bits per heavy atom. The molecule has 5 atom stereocenters. The van der Waals surface area contributed by atoms with E-state index in [0.717, 1.165) is 0 Å². The molecule has 0 aromatic heterocycles. The highest BCUT2D eigenvalue weighted by atomic mass is 28.4. The van der Waals surface area contributed by atoms with Gasteiger partial charge in [0.05, 0.1) is 25.4 Å². The number of aliphatic hydroxyl groups excluding tert-OH is 2. The van der Waals surface area contributed by atoms with E-state index in [1.807, 2.05) is 0 Å². The van der Waals surface area contributed by atoms with Gasteiger partial charge in [-0.2, -0.15) is 0 Å². The summed E-state index contributed by atoms with van der Waals surface area (Å²) in [6.07, 6.45) is -2.76. The number of fused-ring (bicyclic) bond motifs is 1. The standard InChI is InChI=1S/C20H41NO6Si2/c1-19(2,3)28(7,8)25-12-13-17(27-29(9,10)20(4,5)6)16(23)15-14(11-22)26-18(24)21(13)15/h13-17,22-23H,11-12H2,1-10H3/t13-,14-,15-,16-,17-/m1/s1. The summed E-state index contributed by atoms with van der Waals surface area (Å²) >= 11 is 0. The van der Waals surface area contributed by atoms with E-state index in [2.05, 4.69) is 67.7 Å². The number of amides is 1. The van der Waals surface area contributed by atoms with Crippen molar-refractivity contribution in [3.63, 3.8) is 0 Å². The Balaban J connectivity index is 2.35. The highest BCUT2D eigenvalue weighted by Crippen LogP contribution is 2.43. The van der Waals surface area contributed by atoms with Gasteiger partial charge < -0.3 is 23.8 Å². The number of ether oxygens (including phenoxy) is 1. The van der Waals surface area contributed by atoms with Crippen LogP contribution in [0.2, 0.25) is 36.3 Å². The largest absolute Gasteiger partial charge is 0.441 e. The Bertz CT molecular complexity index is 613. The van der Waals surface area contributed by atoms with Crippen LogP contribution in [0, 0.1) is 0 Å². The molecule has 2 N–H and O–H groups in total. The van der Waals surface area contributed by atoms with Gasteiger partial charge in [0.1, 0.15) is 18.2 Å². The number of carbonyl (C=O) groups is 1. The topological polar surface area (TPSA) is 88.5 Å². The molecular weight excluding hydrogens is 406 g/mol. The maximum atomic E-state index is 12.6. The lowest BCUT2D eigenvalue weighted by Crippen LogP contribution is -2.53. The quantitative estimate of drug-likeness (QED) is 0.607. The average molecular weight is 448 g/mol. The van der Waals surface area contributed by atoms with Gasteiger partial charge >= 0.3 is 6.09 Å². The summed E-state index contributed by atoms with van der Waals surface area (Å²) in [5.41, 5.74) is 0. The fourth-order valence-electron chi connectivity index (χ4n) is 3.38. The van der Waals surface area contributed by atoms with Crippen LogP contribution in [0.1, 0.15) is 41.5 Å². The molecule has 0 aliphatic carbocycles. The first-order valence-corrected chi connectivity index (χ1v) is 16.4. The number of carbonyl (C=O) groups excluding carboxylic acids is 1. The fraction of sp³-hybridized carbons (Fsp3) is 0.950. The first-order valence-electron chi connectivity index (χ1n) is 10.5. The number of hydrogen-bond donors (Lipinski definition) is 2. The molecule has 170 valence electrons. The molecule has 0 radical (unpaired) electrons. The van der Waals surface area contributed by atoms with Crippen LogP contribution < -0.4 is 0 Å². The molecule has 2 saturated heterocycles. The molecule has 9 heteroatoms. The maximum absolute atomic E-state index is 12.6. The van der Waals surface area contributed by atoms with Crippen LogP contribution in [-0.4, -0.2) is 81.5 Å². The van der Waals surface area contributed by atoms with Crippen LogP contribution in [0.3, 0.4) is 0 Å². The molecule has 0 aromatic rings. The molecule has 2 aliphatic heterocycles. The molecule has 7 nitrogen and oxygen atoms in total. The van der Waals surface area contributed by atoms with Crippen molar-refractivity contribution in [1.29, 1.82) is 0 Å². The van der Waals surface area contributed by atoms with E-state index in [-0.39, 0.29) is 23.3 Å². The average Bonchev–Trinajstić information content (AvgIpc) is 3.00. The van der Waals surface area contributed by atoms with E-state index in [0.29, 0.717) is 0 Å². The van der Waals surface area contributed by atoms with Crippen molar-refractivity contribution >= 4 is 22.7 Å². The zero-order valence-corrected chi connectivity index (χ0v) is 21.8. The van der Waals surface area contributed by atoms with Crippen LogP contribution >= 0.6 is 0 Å². The Hall–Kier alpha value is -0.456. The zero-order valence-electron chi connectivity index (χ0n) is 19.8. The Kier molecular flexibility index (Phi) is 6.76. The second kappa shape index (κ2) is 7.91. The third-order valence-electron chi connectivity index (χ3n) is 7.43. The van der Waals surface area contributed by atoms with Crippen molar-refractivity contribution in [1.82, 2.24) is 4.90 Å². The number of cyclic esters (lactones) is 1. The highest BCUT2D eigenvalue weighted by Gasteiger charge is 2.61. The van der Waals surface area contributed by atoms with Gasteiger partial charge in [-0.05, 0) is 36.3 Å². The van der Waals surface area contributed by atoms with Gasteiger partial charge in [0.2, 0.25) is 0 Å². The summed E-state index contributed by atoms with van der Waals surface area (Å²) in [7, 11) is -4.28. The Morgan fingerprint density at radius 1 is 1.03 bits per heavy atom. The second-order valence-corrected chi connectivity index (χ2v) is 21.0. The van der Waals surface area contributed by atoms with E-state index >= 15 is 0 Å². The lowest BCUT2D eigenvalue weighted by molar-refractivity contribution is -0.00549. The molecule has 2 heterocycles. The minimum Gasteiger partial charge on any atom is -0.441 e. The summed E-state index contributed by atoms with van der Waals surface area (Å²) in [6.45, 7) is 21.5.